The summed E-state index contributed by atoms with van der Waals surface area (Å²) < 4.78 is 46.4. The van der Waals surface area contributed by atoms with Crippen LogP contribution in [0.5, 0.6) is 0 Å². The smallest absolute Gasteiger partial charge is 0.466 e. The Morgan fingerprint density at radius 1 is 1.00 bits per heavy atom. The van der Waals surface area contributed by atoms with Gasteiger partial charge in [0, 0.05) is 0 Å². The minimum atomic E-state index is -5.16. The maximum absolute atomic E-state index is 12.3. The summed E-state index contributed by atoms with van der Waals surface area (Å²) in [7, 11) is 0. The highest BCUT2D eigenvalue weighted by Gasteiger charge is 2.41. The average molecular weight is 341 g/mol. The molecule has 0 aliphatic heterocycles. The van der Waals surface area contributed by atoms with Gasteiger partial charge in [-0.25, -0.2) is 4.79 Å². The lowest BCUT2D eigenvalue weighted by molar-refractivity contribution is -0.176. The molecule has 0 spiro atoms. The van der Waals surface area contributed by atoms with Crippen molar-refractivity contribution in [2.24, 2.45) is 0 Å². The second-order valence-corrected chi connectivity index (χ2v) is 4.82. The average Bonchev–Trinajstić information content (AvgIpc) is 2.45. The number of nitrogens with one attached hydrogen (secondary N) is 1. The zero-order valence-electron chi connectivity index (χ0n) is 13.2. The SMILES string of the molecule is CCCCOC(=O)CC(NC(=O)C(F)(F)F)C(=O)OCCCC. The van der Waals surface area contributed by atoms with Crippen molar-refractivity contribution in [2.75, 3.05) is 13.2 Å². The summed E-state index contributed by atoms with van der Waals surface area (Å²) in [6.45, 7) is 3.80. The van der Waals surface area contributed by atoms with E-state index in [4.69, 9.17) is 9.47 Å². The van der Waals surface area contributed by atoms with E-state index in [0.29, 0.717) is 19.3 Å². The Kier molecular flexibility index (Phi) is 10.00. The highest BCUT2D eigenvalue weighted by atomic mass is 19.4. The third-order valence-corrected chi connectivity index (χ3v) is 2.72. The molecule has 0 saturated heterocycles. The largest absolute Gasteiger partial charge is 0.471 e. The molecule has 1 amide bonds. The van der Waals surface area contributed by atoms with Crippen LogP contribution in [0.15, 0.2) is 0 Å². The van der Waals surface area contributed by atoms with Crippen molar-refractivity contribution in [3.8, 4) is 0 Å². The number of rotatable bonds is 10. The van der Waals surface area contributed by atoms with Crippen molar-refractivity contribution >= 4 is 17.8 Å². The van der Waals surface area contributed by atoms with Crippen molar-refractivity contribution in [3.05, 3.63) is 0 Å². The van der Waals surface area contributed by atoms with E-state index in [0.717, 1.165) is 6.42 Å². The van der Waals surface area contributed by atoms with E-state index in [1.165, 1.54) is 5.32 Å². The predicted molar refractivity (Wildman–Crippen MR) is 74.3 cm³/mol. The molecule has 0 bridgehead atoms. The van der Waals surface area contributed by atoms with Crippen LogP contribution in [-0.4, -0.2) is 43.3 Å². The second kappa shape index (κ2) is 10.8. The molecule has 0 aromatic carbocycles. The minimum absolute atomic E-state index is 0.00138. The molecule has 0 heterocycles. The molecule has 0 rings (SSSR count). The number of carbonyl (C=O) groups is 3. The van der Waals surface area contributed by atoms with Crippen molar-refractivity contribution in [3.63, 3.8) is 0 Å². The summed E-state index contributed by atoms with van der Waals surface area (Å²) in [5.41, 5.74) is 0. The third kappa shape index (κ3) is 9.75. The fourth-order valence-corrected chi connectivity index (χ4v) is 1.41. The number of halogens is 3. The van der Waals surface area contributed by atoms with E-state index in [9.17, 15) is 27.6 Å². The second-order valence-electron chi connectivity index (χ2n) is 4.82. The van der Waals surface area contributed by atoms with Crippen molar-refractivity contribution in [2.45, 2.75) is 58.2 Å². The van der Waals surface area contributed by atoms with Gasteiger partial charge in [0.05, 0.1) is 19.6 Å². The first-order valence-corrected chi connectivity index (χ1v) is 7.42. The molecule has 1 N–H and O–H groups in total. The number of esters is 2. The van der Waals surface area contributed by atoms with Crippen LogP contribution in [0.3, 0.4) is 0 Å². The van der Waals surface area contributed by atoms with Gasteiger partial charge in [-0.2, -0.15) is 13.2 Å². The van der Waals surface area contributed by atoms with Crippen LogP contribution in [0.2, 0.25) is 0 Å². The number of amides is 1. The van der Waals surface area contributed by atoms with Crippen LogP contribution in [0.1, 0.15) is 46.0 Å². The standard InChI is InChI=1S/C14H22F3NO5/c1-3-5-7-22-11(19)9-10(12(20)23-8-6-4-2)18-13(21)14(15,16)17/h10H,3-9H2,1-2H3,(H,18,21). The predicted octanol–water partition coefficient (Wildman–Crippen LogP) is 2.11. The van der Waals surface area contributed by atoms with Gasteiger partial charge < -0.3 is 14.8 Å². The van der Waals surface area contributed by atoms with Crippen LogP contribution in [-0.2, 0) is 23.9 Å². The summed E-state index contributed by atoms with van der Waals surface area (Å²) in [4.78, 5) is 34.2. The molecule has 0 aromatic rings. The monoisotopic (exact) mass is 341 g/mol. The normalized spacial score (nSPS) is 12.4. The van der Waals surface area contributed by atoms with Crippen LogP contribution in [0.4, 0.5) is 13.2 Å². The highest BCUT2D eigenvalue weighted by molar-refractivity contribution is 5.90. The molecule has 6 nitrogen and oxygen atoms in total. The van der Waals surface area contributed by atoms with Crippen molar-refractivity contribution in [1.82, 2.24) is 5.32 Å². The molecule has 9 heteroatoms. The van der Waals surface area contributed by atoms with Crippen molar-refractivity contribution < 1.29 is 37.0 Å². The maximum Gasteiger partial charge on any atom is 0.471 e. The van der Waals surface area contributed by atoms with Gasteiger partial charge in [0.1, 0.15) is 6.04 Å². The minimum Gasteiger partial charge on any atom is -0.466 e. The van der Waals surface area contributed by atoms with E-state index in [2.05, 4.69) is 0 Å². The number of hydrogen-bond donors (Lipinski definition) is 1. The first kappa shape index (κ1) is 21.2. The lowest BCUT2D eigenvalue weighted by Gasteiger charge is -2.18. The van der Waals surface area contributed by atoms with E-state index >= 15 is 0 Å². The molecule has 0 fully saturated rings. The Morgan fingerprint density at radius 2 is 1.52 bits per heavy atom. The number of hydrogen-bond acceptors (Lipinski definition) is 5. The molecular formula is C14H22F3NO5. The summed E-state index contributed by atoms with van der Waals surface area (Å²) in [5.74, 6) is -4.28. The fraction of sp³-hybridized carbons (Fsp3) is 0.786. The van der Waals surface area contributed by atoms with E-state index in [1.54, 1.807) is 0 Å². The van der Waals surface area contributed by atoms with Crippen LogP contribution in [0, 0.1) is 0 Å². The lowest BCUT2D eigenvalue weighted by Crippen LogP contribution is -2.48. The molecule has 0 radical (unpaired) electrons. The number of unbranched alkanes of at least 4 members (excludes halogenated alkanes) is 2. The lowest BCUT2D eigenvalue weighted by atomic mass is 10.2. The quantitative estimate of drug-likeness (QED) is 0.486. The van der Waals surface area contributed by atoms with Gasteiger partial charge in [-0.1, -0.05) is 26.7 Å². The molecule has 23 heavy (non-hydrogen) atoms. The van der Waals surface area contributed by atoms with Gasteiger partial charge in [-0.15, -0.1) is 0 Å². The number of carbonyl (C=O) groups excluding carboxylic acids is 3. The fourth-order valence-electron chi connectivity index (χ4n) is 1.41. The van der Waals surface area contributed by atoms with Gasteiger partial charge in [0.15, 0.2) is 0 Å². The Hall–Kier alpha value is -1.80. The summed E-state index contributed by atoms with van der Waals surface area (Å²) in [5, 5.41) is 1.47. The Bertz CT molecular complexity index is 398. The number of ether oxygens (including phenoxy) is 2. The Morgan fingerprint density at radius 3 is 2.00 bits per heavy atom. The zero-order valence-corrected chi connectivity index (χ0v) is 13.2. The molecule has 134 valence electrons. The number of alkyl halides is 3. The summed E-state index contributed by atoms with van der Waals surface area (Å²) >= 11 is 0. The van der Waals surface area contributed by atoms with E-state index < -0.39 is 36.5 Å². The highest BCUT2D eigenvalue weighted by Crippen LogP contribution is 2.15. The molecule has 0 aliphatic carbocycles. The van der Waals surface area contributed by atoms with Gasteiger partial charge in [0.25, 0.3) is 0 Å². The van der Waals surface area contributed by atoms with Gasteiger partial charge in [-0.05, 0) is 12.8 Å². The van der Waals surface area contributed by atoms with Crippen LogP contribution >= 0.6 is 0 Å². The third-order valence-electron chi connectivity index (χ3n) is 2.72. The van der Waals surface area contributed by atoms with Crippen molar-refractivity contribution in [1.29, 1.82) is 0 Å². The van der Waals surface area contributed by atoms with Crippen LogP contribution < -0.4 is 5.32 Å². The maximum atomic E-state index is 12.3. The zero-order chi connectivity index (χ0) is 17.9. The Balaban J connectivity index is 4.68. The van der Waals surface area contributed by atoms with E-state index in [-0.39, 0.29) is 13.2 Å². The summed E-state index contributed by atoms with van der Waals surface area (Å²) in [6, 6.07) is -1.73. The molecule has 1 atom stereocenters. The van der Waals surface area contributed by atoms with Gasteiger partial charge in [-0.3, -0.25) is 9.59 Å². The topological polar surface area (TPSA) is 81.7 Å². The molecule has 1 unspecified atom stereocenters. The van der Waals surface area contributed by atoms with Crippen LogP contribution in [0.25, 0.3) is 0 Å². The first-order valence-electron chi connectivity index (χ1n) is 7.42. The Labute approximate surface area is 132 Å². The molecule has 0 aromatic heterocycles. The van der Waals surface area contributed by atoms with Gasteiger partial charge in [0.2, 0.25) is 0 Å². The molecule has 0 saturated carbocycles. The van der Waals surface area contributed by atoms with E-state index in [1.807, 2.05) is 13.8 Å². The first-order chi connectivity index (χ1) is 10.7. The molecule has 0 aliphatic rings. The molecular weight excluding hydrogens is 319 g/mol. The summed E-state index contributed by atoms with van der Waals surface area (Å²) in [6.07, 6.45) is -3.28. The van der Waals surface area contributed by atoms with Gasteiger partial charge >= 0.3 is 24.0 Å².